The predicted molar refractivity (Wildman–Crippen MR) is 64.1 cm³/mol. The lowest BCUT2D eigenvalue weighted by atomic mass is 10.1. The van der Waals surface area contributed by atoms with Gasteiger partial charge < -0.3 is 10.3 Å². The van der Waals surface area contributed by atoms with Crippen molar-refractivity contribution in [2.24, 2.45) is 11.7 Å². The van der Waals surface area contributed by atoms with Crippen LogP contribution in [0.2, 0.25) is 0 Å². The minimum atomic E-state index is 0.472. The normalized spacial score (nSPS) is 12.6. The second kappa shape index (κ2) is 5.54. The second-order valence-electron chi connectivity index (χ2n) is 4.11. The standard InChI is InChI=1S/C12H16N4O/c1-9(8-13)5-6-11-15-12(16-17-11)10-4-2-3-7-14-10/h2-4,7,9H,5-6,8,13H2,1H3. The molecule has 0 bridgehead atoms. The number of pyridine rings is 1. The SMILES string of the molecule is CC(CN)CCc1nc(-c2ccccn2)no1. The van der Waals surface area contributed by atoms with Crippen molar-refractivity contribution in [1.82, 2.24) is 15.1 Å². The number of nitrogens with two attached hydrogens (primary N) is 1. The maximum Gasteiger partial charge on any atom is 0.227 e. The zero-order chi connectivity index (χ0) is 12.1. The largest absolute Gasteiger partial charge is 0.339 e. The Morgan fingerprint density at radius 1 is 1.41 bits per heavy atom. The molecule has 0 spiro atoms. The summed E-state index contributed by atoms with van der Waals surface area (Å²) in [6.45, 7) is 2.79. The first-order valence-corrected chi connectivity index (χ1v) is 5.73. The number of hydrogen-bond donors (Lipinski definition) is 1. The Morgan fingerprint density at radius 3 is 3.00 bits per heavy atom. The van der Waals surface area contributed by atoms with Crippen molar-refractivity contribution in [3.8, 4) is 11.5 Å². The molecule has 5 heteroatoms. The summed E-state index contributed by atoms with van der Waals surface area (Å²) in [5.41, 5.74) is 6.29. The van der Waals surface area contributed by atoms with Gasteiger partial charge in [0.15, 0.2) is 0 Å². The third-order valence-corrected chi connectivity index (χ3v) is 2.62. The number of aromatic nitrogens is 3. The van der Waals surface area contributed by atoms with Crippen LogP contribution in [0.4, 0.5) is 0 Å². The number of hydrogen-bond acceptors (Lipinski definition) is 5. The predicted octanol–water partition coefficient (Wildman–Crippen LogP) is 1.66. The van der Waals surface area contributed by atoms with E-state index in [0.717, 1.165) is 18.5 Å². The van der Waals surface area contributed by atoms with Gasteiger partial charge >= 0.3 is 0 Å². The summed E-state index contributed by atoms with van der Waals surface area (Å²) >= 11 is 0. The molecule has 0 fully saturated rings. The van der Waals surface area contributed by atoms with Crippen molar-refractivity contribution in [3.05, 3.63) is 30.3 Å². The van der Waals surface area contributed by atoms with Crippen molar-refractivity contribution >= 4 is 0 Å². The van der Waals surface area contributed by atoms with Crippen LogP contribution in [0.5, 0.6) is 0 Å². The molecule has 1 unspecified atom stereocenters. The van der Waals surface area contributed by atoms with Gasteiger partial charge in [0.25, 0.3) is 0 Å². The minimum Gasteiger partial charge on any atom is -0.339 e. The minimum absolute atomic E-state index is 0.472. The Hall–Kier alpha value is -1.75. The molecule has 0 aliphatic heterocycles. The van der Waals surface area contributed by atoms with Gasteiger partial charge in [0, 0.05) is 12.6 Å². The third-order valence-electron chi connectivity index (χ3n) is 2.62. The van der Waals surface area contributed by atoms with E-state index in [2.05, 4.69) is 22.0 Å². The molecular weight excluding hydrogens is 216 g/mol. The van der Waals surface area contributed by atoms with Crippen molar-refractivity contribution < 1.29 is 4.52 Å². The molecule has 0 saturated heterocycles. The zero-order valence-electron chi connectivity index (χ0n) is 9.84. The van der Waals surface area contributed by atoms with E-state index >= 15 is 0 Å². The lowest BCUT2D eigenvalue weighted by molar-refractivity contribution is 0.366. The molecule has 1 atom stereocenters. The lowest BCUT2D eigenvalue weighted by Crippen LogP contribution is -2.11. The average molecular weight is 232 g/mol. The van der Waals surface area contributed by atoms with Gasteiger partial charge in [-0.15, -0.1) is 0 Å². The van der Waals surface area contributed by atoms with E-state index < -0.39 is 0 Å². The lowest BCUT2D eigenvalue weighted by Gasteiger charge is -2.03. The van der Waals surface area contributed by atoms with Gasteiger partial charge in [0.05, 0.1) is 0 Å². The molecule has 2 N–H and O–H groups in total. The molecule has 0 radical (unpaired) electrons. The van der Waals surface area contributed by atoms with Crippen LogP contribution >= 0.6 is 0 Å². The molecule has 2 aromatic rings. The molecule has 0 aromatic carbocycles. The van der Waals surface area contributed by atoms with Gasteiger partial charge in [-0.1, -0.05) is 18.1 Å². The topological polar surface area (TPSA) is 77.8 Å². The molecule has 0 aliphatic rings. The molecule has 0 aliphatic carbocycles. The highest BCUT2D eigenvalue weighted by molar-refractivity contribution is 5.46. The van der Waals surface area contributed by atoms with E-state index in [0.29, 0.717) is 24.2 Å². The van der Waals surface area contributed by atoms with Crippen LogP contribution in [0.25, 0.3) is 11.5 Å². The van der Waals surface area contributed by atoms with Crippen LogP contribution < -0.4 is 5.73 Å². The molecule has 90 valence electrons. The van der Waals surface area contributed by atoms with Crippen LogP contribution in [-0.4, -0.2) is 21.7 Å². The van der Waals surface area contributed by atoms with Gasteiger partial charge in [-0.3, -0.25) is 4.98 Å². The van der Waals surface area contributed by atoms with Crippen LogP contribution in [0, 0.1) is 5.92 Å². The van der Waals surface area contributed by atoms with E-state index in [1.165, 1.54) is 0 Å². The number of aryl methyl sites for hydroxylation is 1. The zero-order valence-corrected chi connectivity index (χ0v) is 9.84. The number of nitrogens with zero attached hydrogens (tertiary/aromatic N) is 3. The van der Waals surface area contributed by atoms with Gasteiger partial charge in [-0.2, -0.15) is 4.98 Å². The Kier molecular flexibility index (Phi) is 3.82. The summed E-state index contributed by atoms with van der Waals surface area (Å²) in [6.07, 6.45) is 3.43. The molecule has 2 rings (SSSR count). The molecule has 2 heterocycles. The quantitative estimate of drug-likeness (QED) is 0.848. The summed E-state index contributed by atoms with van der Waals surface area (Å²) in [5.74, 6) is 1.66. The average Bonchev–Trinajstić information content (AvgIpc) is 2.86. The monoisotopic (exact) mass is 232 g/mol. The molecular formula is C12H16N4O. The van der Waals surface area contributed by atoms with Crippen molar-refractivity contribution in [2.75, 3.05) is 6.54 Å². The summed E-state index contributed by atoms with van der Waals surface area (Å²) in [7, 11) is 0. The van der Waals surface area contributed by atoms with E-state index in [1.54, 1.807) is 6.20 Å². The highest BCUT2D eigenvalue weighted by Gasteiger charge is 2.10. The number of rotatable bonds is 5. The van der Waals surface area contributed by atoms with Crippen LogP contribution in [0.3, 0.4) is 0 Å². The molecule has 17 heavy (non-hydrogen) atoms. The van der Waals surface area contributed by atoms with Crippen LogP contribution in [-0.2, 0) is 6.42 Å². The van der Waals surface area contributed by atoms with Crippen molar-refractivity contribution in [3.63, 3.8) is 0 Å². The van der Waals surface area contributed by atoms with Gasteiger partial charge in [0.2, 0.25) is 11.7 Å². The van der Waals surface area contributed by atoms with Crippen LogP contribution in [0.15, 0.2) is 28.9 Å². The maximum absolute atomic E-state index is 5.56. The summed E-state index contributed by atoms with van der Waals surface area (Å²) in [6, 6.07) is 5.61. The first-order valence-electron chi connectivity index (χ1n) is 5.73. The van der Waals surface area contributed by atoms with Crippen LogP contribution in [0.1, 0.15) is 19.2 Å². The smallest absolute Gasteiger partial charge is 0.227 e. The Balaban J connectivity index is 2.01. The fraction of sp³-hybridized carbons (Fsp3) is 0.417. The molecule has 0 saturated carbocycles. The van der Waals surface area contributed by atoms with Gasteiger partial charge in [-0.25, -0.2) is 0 Å². The third kappa shape index (κ3) is 3.10. The first-order chi connectivity index (χ1) is 8.29. The highest BCUT2D eigenvalue weighted by atomic mass is 16.5. The maximum atomic E-state index is 5.56. The van der Waals surface area contributed by atoms with Crippen molar-refractivity contribution in [2.45, 2.75) is 19.8 Å². The highest BCUT2D eigenvalue weighted by Crippen LogP contribution is 2.13. The Bertz CT molecular complexity index is 455. The molecule has 5 nitrogen and oxygen atoms in total. The summed E-state index contributed by atoms with van der Waals surface area (Å²) < 4.78 is 5.17. The second-order valence-corrected chi connectivity index (χ2v) is 4.11. The fourth-order valence-electron chi connectivity index (χ4n) is 1.44. The summed E-state index contributed by atoms with van der Waals surface area (Å²) in [4.78, 5) is 8.47. The van der Waals surface area contributed by atoms with Gasteiger partial charge in [-0.05, 0) is 31.0 Å². The van der Waals surface area contributed by atoms with E-state index in [1.807, 2.05) is 18.2 Å². The first kappa shape index (κ1) is 11.7. The molecule has 2 aromatic heterocycles. The Labute approximate surface area is 100 Å². The Morgan fingerprint density at radius 2 is 2.29 bits per heavy atom. The van der Waals surface area contributed by atoms with E-state index in [4.69, 9.17) is 10.3 Å². The van der Waals surface area contributed by atoms with Gasteiger partial charge in [0.1, 0.15) is 5.69 Å². The van der Waals surface area contributed by atoms with E-state index in [-0.39, 0.29) is 0 Å². The fourth-order valence-corrected chi connectivity index (χ4v) is 1.44. The van der Waals surface area contributed by atoms with E-state index in [9.17, 15) is 0 Å². The summed E-state index contributed by atoms with van der Waals surface area (Å²) in [5, 5.41) is 3.91. The molecule has 0 amide bonds. The van der Waals surface area contributed by atoms with Crippen molar-refractivity contribution in [1.29, 1.82) is 0 Å².